The normalized spacial score (nSPS) is 19.4. The first-order valence-corrected chi connectivity index (χ1v) is 8.82. The van der Waals surface area contributed by atoms with Crippen molar-refractivity contribution in [2.75, 3.05) is 13.1 Å². The zero-order chi connectivity index (χ0) is 18.1. The molecule has 0 fully saturated rings. The van der Waals surface area contributed by atoms with Crippen molar-refractivity contribution in [3.8, 4) is 0 Å². The van der Waals surface area contributed by atoms with E-state index < -0.39 is 0 Å². The highest BCUT2D eigenvalue weighted by molar-refractivity contribution is 6.67. The van der Waals surface area contributed by atoms with Crippen LogP contribution in [-0.4, -0.2) is 30.8 Å². The van der Waals surface area contributed by atoms with E-state index in [1.807, 2.05) is 6.92 Å². The number of nitrogens with zero attached hydrogens (tertiary/aromatic N) is 1. The lowest BCUT2D eigenvalue weighted by molar-refractivity contribution is 0.376. The molecule has 0 saturated carbocycles. The van der Waals surface area contributed by atoms with E-state index in [1.54, 1.807) is 5.01 Å². The molecule has 6 heteroatoms. The molecule has 3 rings (SSSR count). The molecular formula is C19H28BN5. The molecule has 2 aliphatic rings. The molecule has 0 saturated heterocycles. The Morgan fingerprint density at radius 1 is 1.40 bits per heavy atom. The number of benzene rings is 1. The Labute approximate surface area is 150 Å². The Bertz CT molecular complexity index is 752. The van der Waals surface area contributed by atoms with E-state index in [0.717, 1.165) is 29.7 Å². The number of hydrogen-bond donors (Lipinski definition) is 4. The minimum atomic E-state index is 0.316. The summed E-state index contributed by atoms with van der Waals surface area (Å²) < 4.78 is 0. The predicted octanol–water partition coefficient (Wildman–Crippen LogP) is 1.11. The van der Waals surface area contributed by atoms with Crippen LogP contribution in [0.2, 0.25) is 0 Å². The van der Waals surface area contributed by atoms with Crippen LogP contribution in [0.1, 0.15) is 30.5 Å². The smallest absolute Gasteiger partial charge is 0.199 e. The Hall–Kier alpha value is -2.18. The minimum Gasteiger partial charge on any atom is -0.400 e. The fourth-order valence-electron chi connectivity index (χ4n) is 3.84. The summed E-state index contributed by atoms with van der Waals surface area (Å²) in [5.74, 6) is 8.92. The lowest BCUT2D eigenvalue weighted by atomic mass is 9.39. The average Bonchev–Trinajstić information content (AvgIpc) is 2.98. The predicted molar refractivity (Wildman–Crippen MR) is 106 cm³/mol. The van der Waals surface area contributed by atoms with Gasteiger partial charge in [-0.15, -0.1) is 0 Å². The minimum absolute atomic E-state index is 0.316. The quantitative estimate of drug-likeness (QED) is 0.367. The molecule has 1 aromatic rings. The van der Waals surface area contributed by atoms with Gasteiger partial charge in [0, 0.05) is 29.6 Å². The Kier molecular flexibility index (Phi) is 4.93. The highest BCUT2D eigenvalue weighted by Gasteiger charge is 2.36. The van der Waals surface area contributed by atoms with Gasteiger partial charge in [-0.05, 0) is 43.3 Å². The van der Waals surface area contributed by atoms with Gasteiger partial charge in [0.05, 0.1) is 6.54 Å². The maximum Gasteiger partial charge on any atom is 0.199 e. The highest BCUT2D eigenvalue weighted by Crippen LogP contribution is 2.30. The number of hydrazine groups is 1. The van der Waals surface area contributed by atoms with Crippen molar-refractivity contribution < 1.29 is 0 Å². The topological polar surface area (TPSA) is 93.3 Å². The van der Waals surface area contributed by atoms with Crippen molar-refractivity contribution >= 4 is 12.3 Å². The molecule has 0 amide bonds. The summed E-state index contributed by atoms with van der Waals surface area (Å²) in [7, 11) is 0. The molecule has 2 heterocycles. The van der Waals surface area contributed by atoms with Crippen LogP contribution in [0, 0.1) is 0 Å². The molecule has 0 bridgehead atoms. The second-order valence-corrected chi connectivity index (χ2v) is 7.18. The Balaban J connectivity index is 1.76. The van der Waals surface area contributed by atoms with E-state index in [4.69, 9.17) is 17.3 Å². The first kappa shape index (κ1) is 17.6. The maximum atomic E-state index is 6.16. The molecule has 2 aliphatic heterocycles. The summed E-state index contributed by atoms with van der Waals surface area (Å²) >= 11 is 0. The van der Waals surface area contributed by atoms with Crippen LogP contribution >= 0.6 is 0 Å². The van der Waals surface area contributed by atoms with Crippen molar-refractivity contribution in [3.05, 3.63) is 64.5 Å². The fourth-order valence-corrected chi connectivity index (χ4v) is 3.84. The molecule has 1 unspecified atom stereocenters. The van der Waals surface area contributed by atoms with Gasteiger partial charge < -0.3 is 21.8 Å². The van der Waals surface area contributed by atoms with Crippen LogP contribution in [0.5, 0.6) is 0 Å². The van der Waals surface area contributed by atoms with E-state index in [-0.39, 0.29) is 0 Å². The van der Waals surface area contributed by atoms with Gasteiger partial charge in [-0.25, -0.2) is 5.84 Å². The highest BCUT2D eigenvalue weighted by atomic mass is 15.4. The molecule has 1 atom stereocenters. The summed E-state index contributed by atoms with van der Waals surface area (Å²) in [5.41, 5.74) is 19.4. The lowest BCUT2D eigenvalue weighted by Crippen LogP contribution is -2.44. The third kappa shape index (κ3) is 3.46. The van der Waals surface area contributed by atoms with Gasteiger partial charge >= 0.3 is 0 Å². The second kappa shape index (κ2) is 6.98. The molecule has 5 nitrogen and oxygen atoms in total. The lowest BCUT2D eigenvalue weighted by Gasteiger charge is -2.28. The summed E-state index contributed by atoms with van der Waals surface area (Å²) in [5, 5.41) is 5.32. The SMILES string of the molecule is C=C(C)c1cccc2c1CB1C=C(CN(N)/C(C)=C(\N)CN)NC1C2. The molecule has 0 spiro atoms. The van der Waals surface area contributed by atoms with Gasteiger partial charge in [0.1, 0.15) is 0 Å². The van der Waals surface area contributed by atoms with Crippen molar-refractivity contribution in [1.29, 1.82) is 0 Å². The maximum absolute atomic E-state index is 6.16. The standard InChI is InChI=1S/C19H28BN5/c1-12(2)16-6-4-5-14-7-19-20(9-17(14)16)8-15(24-19)11-25(23)13(3)18(22)10-21/h4-6,8,19,24H,1,7,9-11,21-23H2,2-3H3/b18-13-. The van der Waals surface area contributed by atoms with E-state index in [2.05, 4.69) is 43.0 Å². The zero-order valence-corrected chi connectivity index (χ0v) is 15.2. The van der Waals surface area contributed by atoms with Crippen molar-refractivity contribution in [1.82, 2.24) is 10.3 Å². The van der Waals surface area contributed by atoms with E-state index in [9.17, 15) is 0 Å². The third-order valence-corrected chi connectivity index (χ3v) is 5.37. The fraction of sp³-hybridized carbons (Fsp3) is 0.368. The number of rotatable bonds is 5. The summed E-state index contributed by atoms with van der Waals surface area (Å²) in [6.45, 7) is 9.54. The van der Waals surface area contributed by atoms with Crippen LogP contribution in [0.25, 0.3) is 5.57 Å². The summed E-state index contributed by atoms with van der Waals surface area (Å²) in [4.78, 5) is 0. The monoisotopic (exact) mass is 337 g/mol. The third-order valence-electron chi connectivity index (χ3n) is 5.37. The molecule has 0 radical (unpaired) electrons. The number of allylic oxidation sites excluding steroid dienone is 2. The van der Waals surface area contributed by atoms with Crippen LogP contribution in [0.4, 0.5) is 0 Å². The van der Waals surface area contributed by atoms with Gasteiger partial charge in [0.25, 0.3) is 0 Å². The zero-order valence-electron chi connectivity index (χ0n) is 15.2. The summed E-state index contributed by atoms with van der Waals surface area (Å²) in [6, 6.07) is 6.55. The molecule has 0 aliphatic carbocycles. The molecule has 132 valence electrons. The Morgan fingerprint density at radius 2 is 2.16 bits per heavy atom. The summed E-state index contributed by atoms with van der Waals surface area (Å²) in [6.07, 6.45) is 2.08. The molecule has 1 aromatic carbocycles. The number of hydrogen-bond acceptors (Lipinski definition) is 5. The first-order chi connectivity index (χ1) is 11.9. The van der Waals surface area contributed by atoms with Gasteiger partial charge in [0.2, 0.25) is 0 Å². The van der Waals surface area contributed by atoms with Crippen LogP contribution < -0.4 is 22.6 Å². The van der Waals surface area contributed by atoms with E-state index in [0.29, 0.717) is 31.4 Å². The van der Waals surface area contributed by atoms with Crippen molar-refractivity contribution in [3.63, 3.8) is 0 Å². The first-order valence-electron chi connectivity index (χ1n) is 8.82. The van der Waals surface area contributed by atoms with Crippen molar-refractivity contribution in [2.24, 2.45) is 17.3 Å². The number of fused-ring (bicyclic) bond motifs is 2. The molecule has 0 aromatic heterocycles. The van der Waals surface area contributed by atoms with E-state index >= 15 is 0 Å². The average molecular weight is 337 g/mol. The van der Waals surface area contributed by atoms with Crippen LogP contribution in [-0.2, 0) is 12.7 Å². The largest absolute Gasteiger partial charge is 0.400 e. The van der Waals surface area contributed by atoms with Crippen LogP contribution in [0.3, 0.4) is 0 Å². The van der Waals surface area contributed by atoms with E-state index in [1.165, 1.54) is 16.7 Å². The molecular weight excluding hydrogens is 309 g/mol. The molecule has 25 heavy (non-hydrogen) atoms. The number of nitrogens with one attached hydrogen (secondary N) is 1. The Morgan fingerprint density at radius 3 is 2.84 bits per heavy atom. The van der Waals surface area contributed by atoms with Crippen molar-refractivity contribution in [2.45, 2.75) is 32.5 Å². The van der Waals surface area contributed by atoms with Gasteiger partial charge in [-0.1, -0.05) is 36.3 Å². The number of nitrogens with two attached hydrogens (primary N) is 3. The van der Waals surface area contributed by atoms with Gasteiger partial charge in [-0.2, -0.15) is 0 Å². The van der Waals surface area contributed by atoms with Crippen LogP contribution in [0.15, 0.2) is 47.8 Å². The van der Waals surface area contributed by atoms with Gasteiger partial charge in [-0.3, -0.25) is 0 Å². The second-order valence-electron chi connectivity index (χ2n) is 7.18. The van der Waals surface area contributed by atoms with Gasteiger partial charge in [0.15, 0.2) is 6.71 Å². The molecule has 7 N–H and O–H groups in total.